The number of rotatable bonds is 7. The van der Waals surface area contributed by atoms with E-state index in [2.05, 4.69) is 15.5 Å². The van der Waals surface area contributed by atoms with Crippen LogP contribution in [0.4, 0.5) is 23.4 Å². The summed E-state index contributed by atoms with van der Waals surface area (Å²) in [5.74, 6) is -0.790. The average molecular weight is 464 g/mol. The Morgan fingerprint density at radius 1 is 1.10 bits per heavy atom. The van der Waals surface area contributed by atoms with E-state index in [9.17, 15) is 22.4 Å². The highest BCUT2D eigenvalue weighted by atomic mass is 35.5. The zero-order valence-corrected chi connectivity index (χ0v) is 16.9. The van der Waals surface area contributed by atoms with Gasteiger partial charge in [-0.1, -0.05) is 35.3 Å². The van der Waals surface area contributed by atoms with Gasteiger partial charge in [0, 0.05) is 11.2 Å². The Labute approximate surface area is 178 Å². The highest BCUT2D eigenvalue weighted by molar-refractivity contribution is 6.33. The van der Waals surface area contributed by atoms with E-state index in [-0.39, 0.29) is 10.8 Å². The van der Waals surface area contributed by atoms with Crippen LogP contribution in [-0.2, 0) is 11.3 Å². The molecule has 30 heavy (non-hydrogen) atoms. The van der Waals surface area contributed by atoms with Gasteiger partial charge >= 0.3 is 0 Å². The van der Waals surface area contributed by atoms with Gasteiger partial charge in [0.15, 0.2) is 5.82 Å². The Balaban J connectivity index is 1.76. The Morgan fingerprint density at radius 2 is 1.77 bits per heavy atom. The maximum atomic E-state index is 13.2. The van der Waals surface area contributed by atoms with Gasteiger partial charge in [-0.25, -0.2) is 17.6 Å². The summed E-state index contributed by atoms with van der Waals surface area (Å²) in [6.07, 6.45) is -4.65. The molecule has 6 nitrogen and oxygen atoms in total. The first-order valence-electron chi connectivity index (χ1n) is 8.59. The van der Waals surface area contributed by atoms with Crippen molar-refractivity contribution in [1.82, 2.24) is 19.6 Å². The van der Waals surface area contributed by atoms with E-state index in [1.807, 2.05) is 0 Å². The van der Waals surface area contributed by atoms with Crippen LogP contribution in [0.5, 0.6) is 0 Å². The molecule has 160 valence electrons. The molecule has 1 N–H and O–H groups in total. The van der Waals surface area contributed by atoms with E-state index in [4.69, 9.17) is 23.2 Å². The molecule has 0 bridgehead atoms. The van der Waals surface area contributed by atoms with Crippen LogP contribution >= 0.6 is 23.2 Å². The van der Waals surface area contributed by atoms with Gasteiger partial charge in [-0.05, 0) is 30.7 Å². The number of benzene rings is 1. The second-order valence-electron chi connectivity index (χ2n) is 6.35. The van der Waals surface area contributed by atoms with E-state index in [1.165, 1.54) is 17.8 Å². The lowest BCUT2D eigenvalue weighted by molar-refractivity contribution is -0.119. The molecule has 12 heteroatoms. The molecule has 0 saturated heterocycles. The topological polar surface area (TPSA) is 64.7 Å². The summed E-state index contributed by atoms with van der Waals surface area (Å²) in [6.45, 7) is 1.59. The molecular formula is C18H15Cl2F4N5O. The second-order valence-corrected chi connectivity index (χ2v) is 7.20. The zero-order valence-electron chi connectivity index (χ0n) is 15.4. The molecule has 1 atom stereocenters. The van der Waals surface area contributed by atoms with Crippen LogP contribution in [0.2, 0.25) is 10.0 Å². The molecule has 2 heterocycles. The van der Waals surface area contributed by atoms with Crippen molar-refractivity contribution < 1.29 is 22.4 Å². The smallest absolute Gasteiger partial charge is 0.282 e. The maximum absolute atomic E-state index is 13.2. The van der Waals surface area contributed by atoms with Crippen LogP contribution in [-0.4, -0.2) is 25.5 Å². The van der Waals surface area contributed by atoms with Gasteiger partial charge in [0.05, 0.1) is 6.54 Å². The molecule has 1 amide bonds. The van der Waals surface area contributed by atoms with Crippen LogP contribution in [0.25, 0.3) is 0 Å². The monoisotopic (exact) mass is 463 g/mol. The van der Waals surface area contributed by atoms with Crippen molar-refractivity contribution in [2.75, 3.05) is 5.32 Å². The number of anilines is 1. The maximum Gasteiger partial charge on any atom is 0.282 e. The first-order valence-corrected chi connectivity index (χ1v) is 9.35. The van der Waals surface area contributed by atoms with Crippen LogP contribution in [0.3, 0.4) is 0 Å². The van der Waals surface area contributed by atoms with Gasteiger partial charge in [0.25, 0.3) is 12.9 Å². The highest BCUT2D eigenvalue weighted by Gasteiger charge is 2.27. The Bertz CT molecular complexity index is 1040. The molecule has 0 aliphatic heterocycles. The molecular weight excluding hydrogens is 449 g/mol. The lowest BCUT2D eigenvalue weighted by atomic mass is 10.2. The predicted molar refractivity (Wildman–Crippen MR) is 103 cm³/mol. The van der Waals surface area contributed by atoms with Crippen molar-refractivity contribution >= 4 is 34.9 Å². The molecule has 2 aromatic heterocycles. The summed E-state index contributed by atoms with van der Waals surface area (Å²) in [5.41, 5.74) is -0.745. The summed E-state index contributed by atoms with van der Waals surface area (Å²) in [4.78, 5) is 12.5. The van der Waals surface area contributed by atoms with Crippen LogP contribution < -0.4 is 5.32 Å². The van der Waals surface area contributed by atoms with Gasteiger partial charge < -0.3 is 5.32 Å². The van der Waals surface area contributed by atoms with E-state index >= 15 is 0 Å². The van der Waals surface area contributed by atoms with Crippen molar-refractivity contribution in [3.8, 4) is 0 Å². The minimum absolute atomic E-state index is 0.00214. The third-order valence-electron chi connectivity index (χ3n) is 4.19. The molecule has 0 radical (unpaired) electrons. The first kappa shape index (κ1) is 22.1. The van der Waals surface area contributed by atoms with Gasteiger partial charge in [-0.3, -0.25) is 14.2 Å². The molecule has 0 aliphatic rings. The molecule has 0 saturated carbocycles. The number of nitrogens with zero attached hydrogens (tertiary/aromatic N) is 4. The summed E-state index contributed by atoms with van der Waals surface area (Å²) < 4.78 is 54.1. The number of amides is 1. The number of alkyl halides is 4. The Morgan fingerprint density at radius 3 is 2.37 bits per heavy atom. The van der Waals surface area contributed by atoms with E-state index in [0.29, 0.717) is 22.3 Å². The molecule has 3 aromatic rings. The molecule has 0 fully saturated rings. The number of carbonyl (C=O) groups excluding carboxylic acids is 1. The lowest BCUT2D eigenvalue weighted by Crippen LogP contribution is -2.26. The van der Waals surface area contributed by atoms with Crippen molar-refractivity contribution in [3.63, 3.8) is 0 Å². The molecule has 0 aliphatic carbocycles. The van der Waals surface area contributed by atoms with Gasteiger partial charge in [0.1, 0.15) is 22.5 Å². The largest absolute Gasteiger partial charge is 0.306 e. The number of aromatic nitrogens is 4. The van der Waals surface area contributed by atoms with E-state index in [0.717, 1.165) is 5.56 Å². The normalized spacial score (nSPS) is 12.6. The fourth-order valence-corrected chi connectivity index (χ4v) is 3.00. The van der Waals surface area contributed by atoms with E-state index < -0.39 is 36.2 Å². The molecule has 1 unspecified atom stereocenters. The van der Waals surface area contributed by atoms with Crippen LogP contribution in [0.1, 0.15) is 42.8 Å². The predicted octanol–water partition coefficient (Wildman–Crippen LogP) is 5.51. The highest BCUT2D eigenvalue weighted by Crippen LogP contribution is 2.28. The first-order chi connectivity index (χ1) is 14.2. The molecule has 0 spiro atoms. The molecule has 1 aromatic carbocycles. The number of carbonyl (C=O) groups is 1. The number of hydrogen-bond donors (Lipinski definition) is 1. The number of halogens is 6. The Kier molecular flexibility index (Phi) is 6.67. The summed E-state index contributed by atoms with van der Waals surface area (Å²) in [5, 5.41) is 10.7. The van der Waals surface area contributed by atoms with Crippen molar-refractivity contribution in [3.05, 3.63) is 63.5 Å². The summed E-state index contributed by atoms with van der Waals surface area (Å²) in [7, 11) is 0. The molecule has 3 rings (SSSR count). The van der Waals surface area contributed by atoms with Crippen molar-refractivity contribution in [2.45, 2.75) is 32.4 Å². The quantitative estimate of drug-likeness (QED) is 0.469. The van der Waals surface area contributed by atoms with Gasteiger partial charge in [-0.2, -0.15) is 10.2 Å². The third kappa shape index (κ3) is 4.93. The van der Waals surface area contributed by atoms with Crippen LogP contribution in [0, 0.1) is 0 Å². The van der Waals surface area contributed by atoms with Crippen molar-refractivity contribution in [2.24, 2.45) is 0 Å². The number of hydrogen-bond acceptors (Lipinski definition) is 3. The fourth-order valence-electron chi connectivity index (χ4n) is 2.68. The second kappa shape index (κ2) is 9.05. The zero-order chi connectivity index (χ0) is 22.0. The van der Waals surface area contributed by atoms with Gasteiger partial charge in [0.2, 0.25) is 5.91 Å². The van der Waals surface area contributed by atoms with Crippen molar-refractivity contribution in [1.29, 1.82) is 0 Å². The van der Waals surface area contributed by atoms with Crippen LogP contribution in [0.15, 0.2) is 36.5 Å². The average Bonchev–Trinajstić information content (AvgIpc) is 3.27. The standard InChI is InChI=1S/C18H15Cl2F4N5O/c1-9(29-14(16(23)24)6-13(26-29)15(21)22)18(30)25-17-12(20)8-28(27-17)7-10-2-4-11(19)5-3-10/h2-6,8-9,15-16H,7H2,1H3,(H,25,27,30). The summed E-state index contributed by atoms with van der Waals surface area (Å²) >= 11 is 11.9. The Hall–Kier alpha value is -2.59. The third-order valence-corrected chi connectivity index (χ3v) is 4.72. The van der Waals surface area contributed by atoms with Gasteiger partial charge in [-0.15, -0.1) is 0 Å². The van der Waals surface area contributed by atoms with E-state index in [1.54, 1.807) is 24.3 Å². The minimum atomic E-state index is -3.08. The summed E-state index contributed by atoms with van der Waals surface area (Å²) in [6, 6.07) is 6.28. The fraction of sp³-hybridized carbons (Fsp3) is 0.278. The SMILES string of the molecule is CC(C(=O)Nc1nn(Cc2ccc(Cl)cc2)cc1Cl)n1nc(C(F)F)cc1C(F)F. The lowest BCUT2D eigenvalue weighted by Gasteiger charge is -2.14. The minimum Gasteiger partial charge on any atom is -0.306 e. The number of nitrogens with one attached hydrogen (secondary N) is 1.